The first-order chi connectivity index (χ1) is 16.9. The Bertz CT molecular complexity index is 1250. The second-order valence-electron chi connectivity index (χ2n) is 9.76. The van der Waals surface area contributed by atoms with Crippen LogP contribution in [-0.2, 0) is 10.2 Å². The van der Waals surface area contributed by atoms with E-state index in [2.05, 4.69) is 50.0 Å². The summed E-state index contributed by atoms with van der Waals surface area (Å²) in [5.74, 6) is 1.50. The van der Waals surface area contributed by atoms with Crippen molar-refractivity contribution < 1.29 is 14.3 Å². The lowest BCUT2D eigenvalue weighted by Gasteiger charge is -2.54. The van der Waals surface area contributed by atoms with Gasteiger partial charge in [0.15, 0.2) is 0 Å². The Balaban J connectivity index is 1.58. The van der Waals surface area contributed by atoms with E-state index in [4.69, 9.17) is 9.47 Å². The molecule has 3 aromatic carbocycles. The molecule has 0 aliphatic carbocycles. The smallest absolute Gasteiger partial charge is 0.237 e. The Morgan fingerprint density at radius 1 is 1.00 bits per heavy atom. The van der Waals surface area contributed by atoms with Crippen LogP contribution in [-0.4, -0.2) is 32.2 Å². The summed E-state index contributed by atoms with van der Waals surface area (Å²) >= 11 is 0. The highest BCUT2D eigenvalue weighted by atomic mass is 16.5. The summed E-state index contributed by atoms with van der Waals surface area (Å²) in [7, 11) is 3.34. The zero-order chi connectivity index (χ0) is 24.7. The van der Waals surface area contributed by atoms with Crippen molar-refractivity contribution in [1.82, 2.24) is 0 Å². The van der Waals surface area contributed by atoms with Crippen molar-refractivity contribution in [1.29, 1.82) is 0 Å². The zero-order valence-corrected chi connectivity index (χ0v) is 20.7. The molecule has 5 rings (SSSR count). The fourth-order valence-electron chi connectivity index (χ4n) is 5.61. The van der Waals surface area contributed by atoms with Gasteiger partial charge < -0.3 is 19.7 Å². The van der Waals surface area contributed by atoms with Gasteiger partial charge in [0.2, 0.25) is 5.91 Å². The van der Waals surface area contributed by atoms with Crippen molar-refractivity contribution in [3.8, 4) is 11.5 Å². The molecule has 2 aliphatic heterocycles. The quantitative estimate of drug-likeness (QED) is 0.360. The van der Waals surface area contributed by atoms with E-state index >= 15 is 0 Å². The lowest BCUT2D eigenvalue weighted by atomic mass is 9.65. The second kappa shape index (κ2) is 8.81. The van der Waals surface area contributed by atoms with Crippen LogP contribution < -0.4 is 19.7 Å². The van der Waals surface area contributed by atoms with Crippen molar-refractivity contribution in [3.05, 3.63) is 96.1 Å². The third-order valence-electron chi connectivity index (χ3n) is 7.80. The molecule has 180 valence electrons. The first-order valence-corrected chi connectivity index (χ1v) is 12.0. The van der Waals surface area contributed by atoms with E-state index in [-0.39, 0.29) is 29.3 Å². The van der Waals surface area contributed by atoms with Crippen LogP contribution in [0.2, 0.25) is 0 Å². The number of allylic oxidation sites excluding steroid dienone is 1. The maximum absolute atomic E-state index is 13.6. The predicted octanol–water partition coefficient (Wildman–Crippen LogP) is 5.92. The number of fused-ring (bicyclic) bond motifs is 1. The van der Waals surface area contributed by atoms with Crippen molar-refractivity contribution in [3.63, 3.8) is 0 Å². The van der Waals surface area contributed by atoms with Gasteiger partial charge >= 0.3 is 0 Å². The number of carbonyl (C=O) groups excluding carboxylic acids is 1. The molecule has 1 fully saturated rings. The summed E-state index contributed by atoms with van der Waals surface area (Å²) in [6.07, 6.45) is 0.816. The van der Waals surface area contributed by atoms with Gasteiger partial charge in [-0.3, -0.25) is 4.79 Å². The molecule has 0 saturated carbocycles. The SMILES string of the molecule is C=C(C)[C@]1(C)C[C@H]([C@@H]2[C@H](c3ccccc3)C(=O)N2c2ccc(OC)cc2)Nc2ccc(OC)cc21. The predicted molar refractivity (Wildman–Crippen MR) is 141 cm³/mol. The fraction of sp³-hybridized carbons (Fsp3) is 0.300. The van der Waals surface area contributed by atoms with E-state index in [1.807, 2.05) is 53.4 Å². The van der Waals surface area contributed by atoms with Crippen LogP contribution in [0.5, 0.6) is 11.5 Å². The maximum Gasteiger partial charge on any atom is 0.237 e. The molecule has 2 heterocycles. The molecule has 0 aromatic heterocycles. The molecule has 4 atom stereocenters. The summed E-state index contributed by atoms with van der Waals surface area (Å²) in [4.78, 5) is 15.6. The first-order valence-electron chi connectivity index (χ1n) is 12.0. The van der Waals surface area contributed by atoms with Gasteiger partial charge in [-0.25, -0.2) is 0 Å². The van der Waals surface area contributed by atoms with Crippen LogP contribution in [0.15, 0.2) is 84.9 Å². The lowest BCUT2D eigenvalue weighted by Crippen LogP contribution is -2.67. The van der Waals surface area contributed by atoms with E-state index in [0.29, 0.717) is 0 Å². The Morgan fingerprint density at radius 3 is 2.29 bits per heavy atom. The van der Waals surface area contributed by atoms with Crippen molar-refractivity contribution in [2.75, 3.05) is 24.4 Å². The molecule has 0 unspecified atom stereocenters. The van der Waals surface area contributed by atoms with Crippen LogP contribution in [0.25, 0.3) is 0 Å². The van der Waals surface area contributed by atoms with E-state index in [1.54, 1.807) is 14.2 Å². The number of nitrogens with one attached hydrogen (secondary N) is 1. The van der Waals surface area contributed by atoms with Gasteiger partial charge in [-0.2, -0.15) is 0 Å². The third kappa shape index (κ3) is 3.75. The Hall–Kier alpha value is -3.73. The topological polar surface area (TPSA) is 50.8 Å². The number of hydrogen-bond acceptors (Lipinski definition) is 4. The number of β-lactam (4-membered cyclic amide) rings is 1. The second-order valence-corrected chi connectivity index (χ2v) is 9.76. The summed E-state index contributed by atoms with van der Waals surface area (Å²) in [6.45, 7) is 8.71. The Kier molecular flexibility index (Phi) is 5.79. The van der Waals surface area contributed by atoms with Crippen molar-refractivity contribution in [2.45, 2.75) is 43.7 Å². The summed E-state index contributed by atoms with van der Waals surface area (Å²) < 4.78 is 10.9. The molecule has 35 heavy (non-hydrogen) atoms. The average Bonchev–Trinajstić information content (AvgIpc) is 2.88. The highest BCUT2D eigenvalue weighted by Crippen LogP contribution is 2.50. The molecule has 2 aliphatic rings. The maximum atomic E-state index is 13.6. The number of methoxy groups -OCH3 is 2. The number of anilines is 2. The summed E-state index contributed by atoms with van der Waals surface area (Å²) in [5, 5.41) is 3.79. The Labute approximate surface area is 207 Å². The van der Waals surface area contributed by atoms with Crippen LogP contribution in [0.1, 0.15) is 37.3 Å². The highest BCUT2D eigenvalue weighted by Gasteiger charge is 2.55. The molecular formula is C30H32N2O3. The van der Waals surface area contributed by atoms with Crippen molar-refractivity contribution in [2.24, 2.45) is 0 Å². The van der Waals surface area contributed by atoms with E-state index in [9.17, 15) is 4.79 Å². The summed E-state index contributed by atoms with van der Waals surface area (Å²) in [6, 6.07) is 24.0. The van der Waals surface area contributed by atoms with Gasteiger partial charge in [-0.05, 0) is 66.9 Å². The highest BCUT2D eigenvalue weighted by molar-refractivity contribution is 6.07. The molecule has 5 nitrogen and oxygen atoms in total. The van der Waals surface area contributed by atoms with E-state index < -0.39 is 0 Å². The largest absolute Gasteiger partial charge is 0.497 e. The zero-order valence-electron chi connectivity index (χ0n) is 20.7. The molecular weight excluding hydrogens is 436 g/mol. The van der Waals surface area contributed by atoms with Crippen LogP contribution in [0, 0.1) is 0 Å². The van der Waals surface area contributed by atoms with Gasteiger partial charge in [-0.15, -0.1) is 0 Å². The molecule has 1 saturated heterocycles. The van der Waals surface area contributed by atoms with Gasteiger partial charge in [-0.1, -0.05) is 49.4 Å². The number of ether oxygens (including phenoxy) is 2. The Morgan fingerprint density at radius 2 is 1.66 bits per heavy atom. The summed E-state index contributed by atoms with van der Waals surface area (Å²) in [5.41, 5.74) is 5.01. The molecule has 1 N–H and O–H groups in total. The number of carbonyl (C=O) groups is 1. The van der Waals surface area contributed by atoms with Gasteiger partial charge in [0.25, 0.3) is 0 Å². The molecule has 5 heteroatoms. The normalized spacial score (nSPS) is 25.2. The van der Waals surface area contributed by atoms with E-state index in [1.165, 1.54) is 5.56 Å². The standard InChI is InChI=1S/C30H32N2O3/c1-19(2)30(3)18-26(31-25-16-15-23(35-5)17-24(25)30)28-27(20-9-7-6-8-10-20)29(33)32(28)21-11-13-22(34-4)14-12-21/h6-17,26-28,31H,1,18H2,2-5H3/t26-,27+,28-,30+/m1/s1. The number of hydrogen-bond donors (Lipinski definition) is 1. The van der Waals surface area contributed by atoms with Crippen LogP contribution in [0.3, 0.4) is 0 Å². The first kappa shape index (κ1) is 23.0. The number of amides is 1. The molecule has 1 amide bonds. The molecule has 0 bridgehead atoms. The number of benzene rings is 3. The molecule has 0 spiro atoms. The minimum atomic E-state index is -0.259. The van der Waals surface area contributed by atoms with Crippen LogP contribution >= 0.6 is 0 Å². The number of rotatable bonds is 6. The van der Waals surface area contributed by atoms with Gasteiger partial charge in [0.05, 0.1) is 26.2 Å². The van der Waals surface area contributed by atoms with Gasteiger partial charge in [0, 0.05) is 22.8 Å². The molecule has 0 radical (unpaired) electrons. The van der Waals surface area contributed by atoms with Crippen molar-refractivity contribution >= 4 is 17.3 Å². The van der Waals surface area contributed by atoms with Crippen LogP contribution in [0.4, 0.5) is 11.4 Å². The minimum absolute atomic E-state index is 0.0302. The average molecular weight is 469 g/mol. The number of nitrogens with zero attached hydrogens (tertiary/aromatic N) is 1. The lowest BCUT2D eigenvalue weighted by molar-refractivity contribution is -0.126. The minimum Gasteiger partial charge on any atom is -0.497 e. The monoisotopic (exact) mass is 468 g/mol. The fourth-order valence-corrected chi connectivity index (χ4v) is 5.61. The van der Waals surface area contributed by atoms with E-state index in [0.717, 1.165) is 40.4 Å². The molecule has 3 aromatic rings. The van der Waals surface area contributed by atoms with Gasteiger partial charge in [0.1, 0.15) is 11.5 Å². The third-order valence-corrected chi connectivity index (χ3v) is 7.80.